The largest absolute Gasteiger partial charge is 0.462 e. The molecule has 2 atom stereocenters. The molecule has 0 aliphatic carbocycles. The van der Waals surface area contributed by atoms with E-state index in [1.165, 1.54) is 218 Å². The van der Waals surface area contributed by atoms with Crippen LogP contribution in [0.2, 0.25) is 0 Å². The van der Waals surface area contributed by atoms with Gasteiger partial charge in [-0.25, -0.2) is 0 Å². The second kappa shape index (κ2) is 51.8. The van der Waals surface area contributed by atoms with Crippen molar-refractivity contribution in [2.24, 2.45) is 11.8 Å². The summed E-state index contributed by atoms with van der Waals surface area (Å²) in [4.78, 5) is 38.1. The minimum absolute atomic E-state index is 0.0629. The van der Waals surface area contributed by atoms with Crippen molar-refractivity contribution in [3.63, 3.8) is 0 Å². The Hall–Kier alpha value is -1.59. The molecule has 0 bridgehead atoms. The molecule has 65 heavy (non-hydrogen) atoms. The maximum atomic E-state index is 12.9. The van der Waals surface area contributed by atoms with Gasteiger partial charge in [0.2, 0.25) is 0 Å². The molecule has 0 aliphatic heterocycles. The maximum Gasteiger partial charge on any atom is 0.306 e. The Labute approximate surface area is 406 Å². The van der Waals surface area contributed by atoms with E-state index >= 15 is 0 Å². The first-order chi connectivity index (χ1) is 31.8. The van der Waals surface area contributed by atoms with Crippen LogP contribution >= 0.6 is 0 Å². The Morgan fingerprint density at radius 2 is 0.585 bits per heavy atom. The van der Waals surface area contributed by atoms with E-state index in [0.717, 1.165) is 69.6 Å². The predicted octanol–water partition coefficient (Wildman–Crippen LogP) is 19.3. The molecule has 0 aromatic heterocycles. The molecule has 0 rings (SSSR count). The SMILES string of the molecule is CCCCCCCCCCCCCCCCCCC(=O)OC[C@@H](COC(=O)CCCCCCCCCCC(C)CC)OC(=O)CCCCCCCCCCCCCCCCCCC(C)C. The third-order valence-electron chi connectivity index (χ3n) is 13.8. The minimum atomic E-state index is -0.763. The molecular weight excluding hydrogens is 805 g/mol. The monoisotopic (exact) mass is 919 g/mol. The van der Waals surface area contributed by atoms with E-state index in [-0.39, 0.29) is 31.1 Å². The highest BCUT2D eigenvalue weighted by molar-refractivity contribution is 5.71. The van der Waals surface area contributed by atoms with E-state index in [1.807, 2.05) is 0 Å². The zero-order chi connectivity index (χ0) is 47.5. The summed E-state index contributed by atoms with van der Waals surface area (Å²) in [5.74, 6) is 0.860. The van der Waals surface area contributed by atoms with Crippen LogP contribution in [-0.2, 0) is 28.6 Å². The lowest BCUT2D eigenvalue weighted by Crippen LogP contribution is -2.30. The summed E-state index contributed by atoms with van der Waals surface area (Å²) in [6.07, 6.45) is 55.2. The van der Waals surface area contributed by atoms with Crippen LogP contribution in [0, 0.1) is 11.8 Å². The highest BCUT2D eigenvalue weighted by Crippen LogP contribution is 2.19. The lowest BCUT2D eigenvalue weighted by molar-refractivity contribution is -0.167. The fourth-order valence-corrected chi connectivity index (χ4v) is 9.02. The fraction of sp³-hybridized carbons (Fsp3) is 0.949. The van der Waals surface area contributed by atoms with Gasteiger partial charge in [0.25, 0.3) is 0 Å². The van der Waals surface area contributed by atoms with Gasteiger partial charge in [0.15, 0.2) is 6.10 Å². The van der Waals surface area contributed by atoms with Crippen molar-refractivity contribution in [1.82, 2.24) is 0 Å². The quantitative estimate of drug-likeness (QED) is 0.0344. The Balaban J connectivity index is 4.28. The van der Waals surface area contributed by atoms with Gasteiger partial charge >= 0.3 is 17.9 Å². The van der Waals surface area contributed by atoms with Gasteiger partial charge in [-0.2, -0.15) is 0 Å². The molecule has 0 aromatic carbocycles. The van der Waals surface area contributed by atoms with E-state index in [2.05, 4.69) is 34.6 Å². The lowest BCUT2D eigenvalue weighted by Gasteiger charge is -2.18. The van der Waals surface area contributed by atoms with Crippen molar-refractivity contribution in [1.29, 1.82) is 0 Å². The van der Waals surface area contributed by atoms with E-state index in [1.54, 1.807) is 0 Å². The smallest absolute Gasteiger partial charge is 0.306 e. The van der Waals surface area contributed by atoms with Crippen LogP contribution in [0.4, 0.5) is 0 Å². The van der Waals surface area contributed by atoms with Crippen LogP contribution in [0.15, 0.2) is 0 Å². The summed E-state index contributed by atoms with van der Waals surface area (Å²) in [5, 5.41) is 0. The summed E-state index contributed by atoms with van der Waals surface area (Å²) in [6, 6.07) is 0. The van der Waals surface area contributed by atoms with Gasteiger partial charge < -0.3 is 14.2 Å². The zero-order valence-corrected chi connectivity index (χ0v) is 44.6. The molecular formula is C59H114O6. The molecule has 0 aliphatic rings. The highest BCUT2D eigenvalue weighted by Gasteiger charge is 2.19. The number of hydrogen-bond acceptors (Lipinski definition) is 6. The number of carbonyl (C=O) groups excluding carboxylic acids is 3. The summed E-state index contributed by atoms with van der Waals surface area (Å²) in [6.45, 7) is 11.4. The summed E-state index contributed by atoms with van der Waals surface area (Å²) in [5.41, 5.74) is 0. The van der Waals surface area contributed by atoms with Crippen molar-refractivity contribution in [2.45, 2.75) is 336 Å². The predicted molar refractivity (Wildman–Crippen MR) is 280 cm³/mol. The zero-order valence-electron chi connectivity index (χ0n) is 44.6. The van der Waals surface area contributed by atoms with E-state index in [0.29, 0.717) is 19.3 Å². The normalized spacial score (nSPS) is 12.5. The molecule has 0 spiro atoms. The highest BCUT2D eigenvalue weighted by atomic mass is 16.6. The summed E-state index contributed by atoms with van der Waals surface area (Å²) >= 11 is 0. The Bertz CT molecular complexity index is 995. The van der Waals surface area contributed by atoms with Crippen LogP contribution in [0.1, 0.15) is 330 Å². The minimum Gasteiger partial charge on any atom is -0.462 e. The summed E-state index contributed by atoms with van der Waals surface area (Å²) in [7, 11) is 0. The van der Waals surface area contributed by atoms with Crippen molar-refractivity contribution < 1.29 is 28.6 Å². The number of hydrogen-bond donors (Lipinski definition) is 0. The Morgan fingerprint density at radius 3 is 0.877 bits per heavy atom. The van der Waals surface area contributed by atoms with Gasteiger partial charge in [0, 0.05) is 19.3 Å². The number of unbranched alkanes of at least 4 members (excludes halogenated alkanes) is 37. The molecule has 6 heteroatoms. The van der Waals surface area contributed by atoms with Gasteiger partial charge in [-0.05, 0) is 31.1 Å². The molecule has 0 saturated heterocycles. The maximum absolute atomic E-state index is 12.9. The average Bonchev–Trinajstić information content (AvgIpc) is 3.29. The second-order valence-electron chi connectivity index (χ2n) is 21.0. The number of ether oxygens (including phenoxy) is 3. The second-order valence-corrected chi connectivity index (χ2v) is 21.0. The topological polar surface area (TPSA) is 78.9 Å². The van der Waals surface area contributed by atoms with Crippen molar-refractivity contribution in [2.75, 3.05) is 13.2 Å². The molecule has 0 amide bonds. The van der Waals surface area contributed by atoms with Gasteiger partial charge in [-0.15, -0.1) is 0 Å². The van der Waals surface area contributed by atoms with Gasteiger partial charge in [0.05, 0.1) is 0 Å². The van der Waals surface area contributed by atoms with Crippen LogP contribution < -0.4 is 0 Å². The fourth-order valence-electron chi connectivity index (χ4n) is 9.02. The van der Waals surface area contributed by atoms with Crippen LogP contribution in [0.3, 0.4) is 0 Å². The molecule has 0 aromatic rings. The van der Waals surface area contributed by atoms with Gasteiger partial charge in [-0.3, -0.25) is 14.4 Å². The standard InChI is InChI=1S/C59H114O6/c1-6-8-9-10-11-12-13-14-15-19-22-25-28-34-39-44-49-57(60)63-52-56(53-64-58(61)50-45-40-35-31-30-33-38-43-48-55(5)7-2)65-59(62)51-46-41-36-29-26-23-20-17-16-18-21-24-27-32-37-42-47-54(3)4/h54-56H,6-53H2,1-5H3/t55?,56-/m0/s1. The number of esters is 3. The third-order valence-corrected chi connectivity index (χ3v) is 13.8. The van der Waals surface area contributed by atoms with Crippen molar-refractivity contribution >= 4 is 17.9 Å². The van der Waals surface area contributed by atoms with Gasteiger partial charge in [0.1, 0.15) is 13.2 Å². The average molecular weight is 920 g/mol. The molecule has 0 fully saturated rings. The molecule has 386 valence electrons. The first kappa shape index (κ1) is 63.4. The van der Waals surface area contributed by atoms with E-state index in [4.69, 9.17) is 14.2 Å². The van der Waals surface area contributed by atoms with Crippen LogP contribution in [-0.4, -0.2) is 37.2 Å². The van der Waals surface area contributed by atoms with Gasteiger partial charge in [-0.1, -0.05) is 291 Å². The number of carbonyl (C=O) groups is 3. The molecule has 0 saturated carbocycles. The molecule has 0 N–H and O–H groups in total. The third kappa shape index (κ3) is 51.6. The summed E-state index contributed by atoms with van der Waals surface area (Å²) < 4.78 is 16.9. The van der Waals surface area contributed by atoms with Crippen molar-refractivity contribution in [3.8, 4) is 0 Å². The van der Waals surface area contributed by atoms with Crippen LogP contribution in [0.5, 0.6) is 0 Å². The van der Waals surface area contributed by atoms with E-state index < -0.39 is 6.10 Å². The number of rotatable bonds is 53. The molecule has 0 radical (unpaired) electrons. The Morgan fingerprint density at radius 1 is 0.323 bits per heavy atom. The van der Waals surface area contributed by atoms with Crippen LogP contribution in [0.25, 0.3) is 0 Å². The molecule has 0 heterocycles. The lowest BCUT2D eigenvalue weighted by atomic mass is 9.99. The molecule has 6 nitrogen and oxygen atoms in total. The first-order valence-electron chi connectivity index (χ1n) is 29.3. The Kier molecular flexibility index (Phi) is 50.5. The first-order valence-corrected chi connectivity index (χ1v) is 29.3. The molecule has 1 unspecified atom stereocenters. The van der Waals surface area contributed by atoms with Crippen molar-refractivity contribution in [3.05, 3.63) is 0 Å². The van der Waals surface area contributed by atoms with E-state index in [9.17, 15) is 14.4 Å².